The lowest BCUT2D eigenvalue weighted by molar-refractivity contribution is 0.122. The predicted molar refractivity (Wildman–Crippen MR) is 129 cm³/mol. The van der Waals surface area contributed by atoms with E-state index in [9.17, 15) is 8.42 Å². The molecule has 0 bridgehead atoms. The Balaban J connectivity index is 1.57. The Morgan fingerprint density at radius 2 is 2.03 bits per heavy atom. The van der Waals surface area contributed by atoms with Gasteiger partial charge in [-0.25, -0.2) is 18.4 Å². The number of benzene rings is 1. The number of nitrogens with zero attached hydrogens (tertiary/aromatic N) is 4. The molecule has 1 aliphatic heterocycles. The second-order valence-electron chi connectivity index (χ2n) is 7.41. The van der Waals surface area contributed by atoms with Crippen LogP contribution in [0.4, 0.5) is 16.9 Å². The number of ether oxygens (including phenoxy) is 3. The normalized spacial score (nSPS) is 14.2. The fourth-order valence-electron chi connectivity index (χ4n) is 3.35. The van der Waals surface area contributed by atoms with Crippen molar-refractivity contribution in [3.8, 4) is 5.75 Å². The largest absolute Gasteiger partial charge is 0.494 e. The minimum absolute atomic E-state index is 0.130. The summed E-state index contributed by atoms with van der Waals surface area (Å²) >= 11 is 1.04. The van der Waals surface area contributed by atoms with Gasteiger partial charge < -0.3 is 24.4 Å². The van der Waals surface area contributed by atoms with Gasteiger partial charge in [0.05, 0.1) is 43.2 Å². The summed E-state index contributed by atoms with van der Waals surface area (Å²) in [5.41, 5.74) is 0.818. The zero-order valence-corrected chi connectivity index (χ0v) is 20.7. The Hall–Kier alpha value is -2.80. The molecule has 0 atom stereocenters. The molecule has 1 fully saturated rings. The van der Waals surface area contributed by atoms with Crippen molar-refractivity contribution in [3.05, 3.63) is 42.2 Å². The molecule has 0 amide bonds. The number of thiazole rings is 1. The summed E-state index contributed by atoms with van der Waals surface area (Å²) in [4.78, 5) is 15.8. The molecular weight excluding hydrogens is 478 g/mol. The van der Waals surface area contributed by atoms with Crippen LogP contribution in [0.3, 0.4) is 0 Å². The number of rotatable bonds is 10. The highest BCUT2D eigenvalue weighted by Gasteiger charge is 2.22. The Labute approximate surface area is 202 Å². The third kappa shape index (κ3) is 5.81. The average molecular weight is 506 g/mol. The zero-order valence-electron chi connectivity index (χ0n) is 19.1. The van der Waals surface area contributed by atoms with Crippen molar-refractivity contribution in [2.24, 2.45) is 0 Å². The molecule has 1 aliphatic rings. The first-order valence-electron chi connectivity index (χ1n) is 10.9. The van der Waals surface area contributed by atoms with E-state index >= 15 is 0 Å². The smallest absolute Gasteiger partial charge is 0.227 e. The molecule has 0 saturated carbocycles. The lowest BCUT2D eigenvalue weighted by Gasteiger charge is -2.27. The molecule has 10 nitrogen and oxygen atoms in total. The van der Waals surface area contributed by atoms with Gasteiger partial charge in [0.2, 0.25) is 15.8 Å². The molecule has 3 aromatic rings. The highest BCUT2D eigenvalue weighted by atomic mass is 32.2. The van der Waals surface area contributed by atoms with E-state index in [-0.39, 0.29) is 9.10 Å². The number of nitrogens with one attached hydrogen (secondary N) is 1. The maximum Gasteiger partial charge on any atom is 0.227 e. The minimum Gasteiger partial charge on any atom is -0.494 e. The first-order valence-corrected chi connectivity index (χ1v) is 13.2. The van der Waals surface area contributed by atoms with Crippen molar-refractivity contribution in [2.75, 3.05) is 56.8 Å². The second-order valence-corrected chi connectivity index (χ2v) is 10.6. The van der Waals surface area contributed by atoms with Crippen LogP contribution in [0.1, 0.15) is 12.6 Å². The summed E-state index contributed by atoms with van der Waals surface area (Å²) in [6.07, 6.45) is 1.98. The molecule has 1 saturated heterocycles. The fraction of sp³-hybridized carbons (Fsp3) is 0.409. The third-order valence-corrected chi connectivity index (χ3v) is 8.16. The Bertz CT molecular complexity index is 1210. The maximum atomic E-state index is 13.1. The van der Waals surface area contributed by atoms with Gasteiger partial charge >= 0.3 is 0 Å². The number of hydrogen-bond donors (Lipinski definition) is 1. The minimum atomic E-state index is -3.73. The molecule has 0 aliphatic carbocycles. The van der Waals surface area contributed by atoms with Gasteiger partial charge in [-0.2, -0.15) is 4.98 Å². The van der Waals surface area contributed by atoms with Gasteiger partial charge in [0.15, 0.2) is 5.13 Å². The first-order chi connectivity index (χ1) is 16.5. The number of anilines is 3. The maximum absolute atomic E-state index is 13.1. The molecule has 0 radical (unpaired) electrons. The van der Waals surface area contributed by atoms with Gasteiger partial charge in [-0.05, 0) is 25.1 Å². The van der Waals surface area contributed by atoms with Crippen molar-refractivity contribution >= 4 is 38.1 Å². The number of sulfone groups is 1. The number of morpholine rings is 1. The van der Waals surface area contributed by atoms with Crippen LogP contribution in [0.25, 0.3) is 0 Å². The van der Waals surface area contributed by atoms with Crippen molar-refractivity contribution in [2.45, 2.75) is 22.4 Å². The summed E-state index contributed by atoms with van der Waals surface area (Å²) in [5.74, 6) is 1.64. The zero-order chi connectivity index (χ0) is 24.0. The monoisotopic (exact) mass is 505 g/mol. The van der Waals surface area contributed by atoms with Crippen LogP contribution in [0.15, 0.2) is 45.6 Å². The standard InChI is InChI=1S/C22H27N5O5S2/c1-3-32-17-5-4-6-18(14-17)34(28,29)20-15-23-22(33-20)26-19-13-16(7-10-30-2)24-21(25-19)27-8-11-31-12-9-27/h4-6,13-15H,3,7-12H2,1-2H3,(H,23,24,25,26). The van der Waals surface area contributed by atoms with E-state index in [0.717, 1.165) is 17.0 Å². The van der Waals surface area contributed by atoms with E-state index in [1.54, 1.807) is 25.3 Å². The summed E-state index contributed by atoms with van der Waals surface area (Å²) in [6.45, 7) is 5.47. The van der Waals surface area contributed by atoms with Gasteiger partial charge in [0, 0.05) is 32.7 Å². The topological polar surface area (TPSA) is 116 Å². The van der Waals surface area contributed by atoms with E-state index in [4.69, 9.17) is 14.2 Å². The summed E-state index contributed by atoms with van der Waals surface area (Å²) < 4.78 is 42.4. The lowest BCUT2D eigenvalue weighted by Crippen LogP contribution is -2.37. The molecule has 0 unspecified atom stereocenters. The fourth-order valence-corrected chi connectivity index (χ4v) is 5.83. The molecule has 4 rings (SSSR count). The van der Waals surface area contributed by atoms with Crippen LogP contribution in [-0.4, -0.2) is 70.0 Å². The molecular formula is C22H27N5O5S2. The molecule has 3 heterocycles. The summed E-state index contributed by atoms with van der Waals surface area (Å²) in [5, 5.41) is 3.56. The molecule has 34 heavy (non-hydrogen) atoms. The molecule has 1 N–H and O–H groups in total. The summed E-state index contributed by atoms with van der Waals surface area (Å²) in [7, 11) is -2.09. The molecule has 12 heteroatoms. The second kappa shape index (κ2) is 11.1. The quantitative estimate of drug-likeness (QED) is 0.441. The van der Waals surface area contributed by atoms with Crippen LogP contribution in [0.5, 0.6) is 5.75 Å². The van der Waals surface area contributed by atoms with Crippen molar-refractivity contribution in [1.29, 1.82) is 0 Å². The Kier molecular flexibility index (Phi) is 7.93. The summed E-state index contributed by atoms with van der Waals surface area (Å²) in [6, 6.07) is 8.28. The van der Waals surface area contributed by atoms with Gasteiger partial charge in [0.25, 0.3) is 0 Å². The van der Waals surface area contributed by atoms with Gasteiger partial charge in [-0.3, -0.25) is 0 Å². The van der Waals surface area contributed by atoms with E-state index in [0.29, 0.717) is 68.6 Å². The van der Waals surface area contributed by atoms with E-state index in [1.165, 1.54) is 12.3 Å². The average Bonchev–Trinajstić information content (AvgIpc) is 3.33. The molecule has 1 aromatic carbocycles. The molecule has 182 valence electrons. The van der Waals surface area contributed by atoms with Crippen LogP contribution in [0.2, 0.25) is 0 Å². The highest BCUT2D eigenvalue weighted by molar-refractivity contribution is 7.93. The number of aromatic nitrogens is 3. The Morgan fingerprint density at radius 1 is 1.21 bits per heavy atom. The van der Waals surface area contributed by atoms with Crippen molar-refractivity contribution in [3.63, 3.8) is 0 Å². The van der Waals surface area contributed by atoms with E-state index < -0.39 is 9.84 Å². The molecule has 2 aromatic heterocycles. The van der Waals surface area contributed by atoms with Crippen LogP contribution in [0, 0.1) is 0 Å². The van der Waals surface area contributed by atoms with Crippen molar-refractivity contribution in [1.82, 2.24) is 15.0 Å². The van der Waals surface area contributed by atoms with Crippen LogP contribution in [-0.2, 0) is 25.7 Å². The first kappa shape index (κ1) is 24.3. The number of hydrogen-bond acceptors (Lipinski definition) is 11. The van der Waals surface area contributed by atoms with Gasteiger partial charge in [-0.15, -0.1) is 0 Å². The van der Waals surface area contributed by atoms with Crippen molar-refractivity contribution < 1.29 is 22.6 Å². The van der Waals surface area contributed by atoms with Gasteiger partial charge in [-0.1, -0.05) is 17.4 Å². The molecule has 0 spiro atoms. The highest BCUT2D eigenvalue weighted by Crippen LogP contribution is 2.31. The van der Waals surface area contributed by atoms with E-state index in [2.05, 4.69) is 25.2 Å². The number of methoxy groups -OCH3 is 1. The Morgan fingerprint density at radius 3 is 2.79 bits per heavy atom. The van der Waals surface area contributed by atoms with Gasteiger partial charge in [0.1, 0.15) is 15.8 Å². The SMILES string of the molecule is CCOc1cccc(S(=O)(=O)c2cnc(Nc3cc(CCOC)nc(N4CCOCC4)n3)s2)c1. The van der Waals surface area contributed by atoms with Crippen LogP contribution < -0.4 is 15.0 Å². The predicted octanol–water partition coefficient (Wildman–Crippen LogP) is 2.93. The van der Waals surface area contributed by atoms with Crippen LogP contribution >= 0.6 is 11.3 Å². The third-order valence-electron chi connectivity index (χ3n) is 5.03. The van der Waals surface area contributed by atoms with E-state index in [1.807, 2.05) is 13.0 Å². The lowest BCUT2D eigenvalue weighted by atomic mass is 10.3.